The molecule has 2 N–H and O–H groups in total. The number of rotatable bonds is 19. The molecule has 0 saturated heterocycles. The van der Waals surface area contributed by atoms with Crippen molar-refractivity contribution < 1.29 is 33.4 Å². The number of fused-ring (bicyclic) bond motifs is 1. The molecule has 306 valence electrons. The first-order chi connectivity index (χ1) is 28.1. The summed E-state index contributed by atoms with van der Waals surface area (Å²) >= 11 is 1.50. The predicted octanol–water partition coefficient (Wildman–Crippen LogP) is 7.86. The Kier molecular flexibility index (Phi) is 14.9. The molecular weight excluding hydrogens is 753 g/mol. The van der Waals surface area contributed by atoms with Gasteiger partial charge in [0.05, 0.1) is 31.3 Å². The van der Waals surface area contributed by atoms with Gasteiger partial charge in [-0.05, 0) is 123 Å². The van der Waals surface area contributed by atoms with Crippen LogP contribution >= 0.6 is 11.3 Å². The molecule has 58 heavy (non-hydrogen) atoms. The number of likely N-dealkylation sites (N-methyl/N-ethyl adjacent to an activating group) is 1. The number of methoxy groups -OCH3 is 1. The highest BCUT2D eigenvalue weighted by atomic mass is 32.1. The fourth-order valence-electron chi connectivity index (χ4n) is 7.35. The smallest absolute Gasteiger partial charge is 0.337 e. The fraction of sp³-hybridized carbons (Fsp3) is 0.413. The number of amides is 3. The molecule has 0 atom stereocenters. The van der Waals surface area contributed by atoms with Gasteiger partial charge in [0, 0.05) is 55.3 Å². The van der Waals surface area contributed by atoms with E-state index in [0.717, 1.165) is 84.9 Å². The van der Waals surface area contributed by atoms with E-state index in [2.05, 4.69) is 15.5 Å². The van der Waals surface area contributed by atoms with Crippen molar-refractivity contribution in [1.82, 2.24) is 9.80 Å². The van der Waals surface area contributed by atoms with Gasteiger partial charge in [-0.15, -0.1) is 11.3 Å². The number of thiophene rings is 1. The molecule has 3 amide bonds. The molecule has 0 spiro atoms. The summed E-state index contributed by atoms with van der Waals surface area (Å²) in [6.45, 7) is 3.91. The van der Waals surface area contributed by atoms with Crippen molar-refractivity contribution in [2.45, 2.75) is 90.1 Å². The molecule has 4 aromatic rings. The summed E-state index contributed by atoms with van der Waals surface area (Å²) in [4.78, 5) is 69.0. The molecule has 1 aromatic heterocycles. The zero-order valence-corrected chi connectivity index (χ0v) is 34.6. The Balaban J connectivity index is 1.05. The van der Waals surface area contributed by atoms with Gasteiger partial charge in [0.15, 0.2) is 0 Å². The number of hydrogen-bond acceptors (Lipinski definition) is 9. The minimum atomic E-state index is -0.362. The van der Waals surface area contributed by atoms with E-state index in [4.69, 9.17) is 9.47 Å². The van der Waals surface area contributed by atoms with Gasteiger partial charge < -0.3 is 25.0 Å². The maximum Gasteiger partial charge on any atom is 0.337 e. The highest BCUT2D eigenvalue weighted by Crippen LogP contribution is 2.39. The van der Waals surface area contributed by atoms with Crippen LogP contribution in [0, 0.1) is 0 Å². The topological polar surface area (TPSA) is 134 Å². The van der Waals surface area contributed by atoms with E-state index in [0.29, 0.717) is 59.7 Å². The van der Waals surface area contributed by atoms with E-state index < -0.39 is 0 Å². The number of hydrogen-bond donors (Lipinski definition) is 2. The summed E-state index contributed by atoms with van der Waals surface area (Å²) in [5, 5.41) is 6.78. The average molecular weight is 807 g/mol. The normalized spacial score (nSPS) is 13.4. The standard InChI is InChI=1S/C46H54N4O7S/c1-4-57-41(52)26-25-40(51)49(2)27-28-50(37-23-24-37)30-33-11-8-12-35(29-33)43(53)48-45-42(38-13-5-6-14-39(38)58-45)44(54)47-36-21-17-32(18-22-36)10-7-9-31-15-19-34(20-16-31)46(55)56-3/h8,11-12,15-22,29,37H,4-7,9-10,13-14,23-28,30H2,1-3H3,(H,47,54)(H,48,53). The summed E-state index contributed by atoms with van der Waals surface area (Å²) in [5.74, 6) is -1.28. The fourth-order valence-corrected chi connectivity index (χ4v) is 8.63. The van der Waals surface area contributed by atoms with Crippen molar-refractivity contribution in [2.24, 2.45) is 0 Å². The third-order valence-corrected chi connectivity index (χ3v) is 12.0. The monoisotopic (exact) mass is 806 g/mol. The number of ether oxygens (including phenoxy) is 2. The molecule has 3 aromatic carbocycles. The van der Waals surface area contributed by atoms with E-state index >= 15 is 0 Å². The van der Waals surface area contributed by atoms with Gasteiger partial charge in [-0.3, -0.25) is 24.1 Å². The van der Waals surface area contributed by atoms with Crippen molar-refractivity contribution in [3.63, 3.8) is 0 Å². The quantitative estimate of drug-likeness (QED) is 0.0916. The van der Waals surface area contributed by atoms with Crippen molar-refractivity contribution in [1.29, 1.82) is 0 Å². The van der Waals surface area contributed by atoms with Crippen LogP contribution in [0.1, 0.15) is 110 Å². The van der Waals surface area contributed by atoms with E-state index in [1.165, 1.54) is 18.4 Å². The first-order valence-electron chi connectivity index (χ1n) is 20.4. The summed E-state index contributed by atoms with van der Waals surface area (Å²) in [6.07, 6.45) is 8.82. The number of esters is 2. The van der Waals surface area contributed by atoms with Crippen LogP contribution in [-0.2, 0) is 51.3 Å². The molecule has 2 aliphatic carbocycles. The van der Waals surface area contributed by atoms with Crippen molar-refractivity contribution in [3.05, 3.63) is 117 Å². The molecule has 0 unspecified atom stereocenters. The number of carbonyl (C=O) groups excluding carboxylic acids is 5. The summed E-state index contributed by atoms with van der Waals surface area (Å²) in [5.41, 5.74) is 6.65. The Labute approximate surface area is 345 Å². The third kappa shape index (κ3) is 11.6. The van der Waals surface area contributed by atoms with Gasteiger partial charge in [-0.2, -0.15) is 0 Å². The summed E-state index contributed by atoms with van der Waals surface area (Å²) < 4.78 is 9.73. The minimum absolute atomic E-state index is 0.0772. The molecule has 2 aliphatic rings. The van der Waals surface area contributed by atoms with Gasteiger partial charge >= 0.3 is 11.9 Å². The molecule has 6 rings (SSSR count). The molecule has 1 fully saturated rings. The average Bonchev–Trinajstić information content (AvgIpc) is 4.02. The lowest BCUT2D eigenvalue weighted by molar-refractivity contribution is -0.145. The molecule has 0 bridgehead atoms. The number of anilines is 2. The summed E-state index contributed by atoms with van der Waals surface area (Å²) in [7, 11) is 3.14. The van der Waals surface area contributed by atoms with Gasteiger partial charge in [-0.25, -0.2) is 4.79 Å². The van der Waals surface area contributed by atoms with Crippen LogP contribution in [0.5, 0.6) is 0 Å². The second kappa shape index (κ2) is 20.4. The SMILES string of the molecule is CCOC(=O)CCC(=O)N(C)CCN(Cc1cccc(C(=O)Nc2sc3c(c2C(=O)Nc2ccc(CCCc4ccc(C(=O)OC)cc4)cc2)CCCC3)c1)C1CC1. The number of carbonyl (C=O) groups is 5. The van der Waals surface area contributed by atoms with E-state index in [9.17, 15) is 24.0 Å². The van der Waals surface area contributed by atoms with Crippen molar-refractivity contribution >= 4 is 51.7 Å². The highest BCUT2D eigenvalue weighted by molar-refractivity contribution is 7.17. The second-order valence-electron chi connectivity index (χ2n) is 15.1. The number of nitrogens with one attached hydrogen (secondary N) is 2. The first-order valence-corrected chi connectivity index (χ1v) is 21.2. The van der Waals surface area contributed by atoms with Crippen LogP contribution in [-0.4, -0.2) is 79.4 Å². The van der Waals surface area contributed by atoms with Crippen LogP contribution in [0.3, 0.4) is 0 Å². The van der Waals surface area contributed by atoms with Crippen LogP contribution in [0.15, 0.2) is 72.8 Å². The lowest BCUT2D eigenvalue weighted by Crippen LogP contribution is -2.37. The Morgan fingerprint density at radius 3 is 2.19 bits per heavy atom. The molecule has 12 heteroatoms. The Morgan fingerprint density at radius 2 is 1.50 bits per heavy atom. The molecule has 1 saturated carbocycles. The van der Waals surface area contributed by atoms with Crippen molar-refractivity contribution in [3.8, 4) is 0 Å². The van der Waals surface area contributed by atoms with Crippen LogP contribution in [0.4, 0.5) is 10.7 Å². The zero-order valence-electron chi connectivity index (χ0n) is 33.8. The number of nitrogens with zero attached hydrogens (tertiary/aromatic N) is 2. The second-order valence-corrected chi connectivity index (χ2v) is 16.2. The molecule has 0 radical (unpaired) electrons. The lowest BCUT2D eigenvalue weighted by atomic mass is 9.95. The summed E-state index contributed by atoms with van der Waals surface area (Å²) in [6, 6.07) is 23.5. The Hall–Kier alpha value is -5.33. The molecule has 1 heterocycles. The molecular formula is C46H54N4O7S. The van der Waals surface area contributed by atoms with Crippen LogP contribution in [0.2, 0.25) is 0 Å². The number of benzene rings is 3. The third-order valence-electron chi connectivity index (χ3n) is 10.8. The van der Waals surface area contributed by atoms with Gasteiger partial charge in [0.2, 0.25) is 5.91 Å². The largest absolute Gasteiger partial charge is 0.466 e. The van der Waals surface area contributed by atoms with E-state index in [1.54, 1.807) is 37.1 Å². The Bertz CT molecular complexity index is 2070. The van der Waals surface area contributed by atoms with Gasteiger partial charge in [0.25, 0.3) is 11.8 Å². The zero-order chi connectivity index (χ0) is 41.0. The minimum Gasteiger partial charge on any atom is -0.466 e. The molecule has 0 aliphatic heterocycles. The first kappa shape index (κ1) is 42.3. The van der Waals surface area contributed by atoms with Crippen LogP contribution < -0.4 is 10.6 Å². The van der Waals surface area contributed by atoms with Crippen molar-refractivity contribution in [2.75, 3.05) is 44.5 Å². The van der Waals surface area contributed by atoms with E-state index in [1.807, 2.05) is 54.6 Å². The molecule has 11 nitrogen and oxygen atoms in total. The maximum atomic E-state index is 13.9. The Morgan fingerprint density at radius 1 is 0.793 bits per heavy atom. The maximum absolute atomic E-state index is 13.9. The van der Waals surface area contributed by atoms with Gasteiger partial charge in [0.1, 0.15) is 5.00 Å². The number of aryl methyl sites for hydroxylation is 3. The predicted molar refractivity (Wildman–Crippen MR) is 226 cm³/mol. The van der Waals surface area contributed by atoms with E-state index in [-0.39, 0.29) is 42.5 Å². The van der Waals surface area contributed by atoms with Crippen LogP contribution in [0.25, 0.3) is 0 Å². The lowest BCUT2D eigenvalue weighted by Gasteiger charge is -2.26. The van der Waals surface area contributed by atoms with Gasteiger partial charge in [-0.1, -0.05) is 36.4 Å². The highest BCUT2D eigenvalue weighted by Gasteiger charge is 2.30.